The Morgan fingerprint density at radius 2 is 2.00 bits per heavy atom. The average molecular weight is 351 g/mol. The quantitative estimate of drug-likeness (QED) is 0.859. The number of hydrogen-bond acceptors (Lipinski definition) is 3. The van der Waals surface area contributed by atoms with E-state index in [-0.39, 0.29) is 5.91 Å². The summed E-state index contributed by atoms with van der Waals surface area (Å²) in [5.41, 5.74) is 3.50. The van der Waals surface area contributed by atoms with Crippen LogP contribution in [0.1, 0.15) is 38.2 Å². The van der Waals surface area contributed by atoms with Gasteiger partial charge < -0.3 is 10.2 Å². The number of benzene rings is 1. The molecule has 1 aromatic heterocycles. The summed E-state index contributed by atoms with van der Waals surface area (Å²) in [5.74, 6) is 0.809. The van der Waals surface area contributed by atoms with Crippen LogP contribution in [0.4, 0.5) is 0 Å². The Morgan fingerprint density at radius 1 is 1.15 bits per heavy atom. The third-order valence-corrected chi connectivity index (χ3v) is 5.21. The van der Waals surface area contributed by atoms with Gasteiger partial charge in [0.2, 0.25) is 5.91 Å². The summed E-state index contributed by atoms with van der Waals surface area (Å²) in [7, 11) is 0. The van der Waals surface area contributed by atoms with Crippen LogP contribution in [0.25, 0.3) is 11.1 Å². The predicted molar refractivity (Wildman–Crippen MR) is 106 cm³/mol. The SMILES string of the molecule is CCN(Cc1cccc(-c2ccncc2)c1)C(=O)CC1CCCNCC1. The molecule has 1 atom stereocenters. The Labute approximate surface area is 156 Å². The van der Waals surface area contributed by atoms with Crippen molar-refractivity contribution in [2.75, 3.05) is 19.6 Å². The lowest BCUT2D eigenvalue weighted by Gasteiger charge is -2.24. The van der Waals surface area contributed by atoms with Crippen molar-refractivity contribution in [1.29, 1.82) is 0 Å². The van der Waals surface area contributed by atoms with E-state index in [1.807, 2.05) is 29.4 Å². The fraction of sp³-hybridized carbons (Fsp3) is 0.455. The minimum absolute atomic E-state index is 0.286. The van der Waals surface area contributed by atoms with Gasteiger partial charge in [0.15, 0.2) is 0 Å². The molecule has 0 saturated carbocycles. The number of aromatic nitrogens is 1. The maximum absolute atomic E-state index is 12.8. The van der Waals surface area contributed by atoms with E-state index in [4.69, 9.17) is 0 Å². The van der Waals surface area contributed by atoms with E-state index >= 15 is 0 Å². The monoisotopic (exact) mass is 351 g/mol. The number of rotatable bonds is 6. The zero-order valence-corrected chi connectivity index (χ0v) is 15.7. The lowest BCUT2D eigenvalue weighted by molar-refractivity contribution is -0.132. The maximum Gasteiger partial charge on any atom is 0.223 e. The molecule has 138 valence electrons. The lowest BCUT2D eigenvalue weighted by Crippen LogP contribution is -2.31. The number of carbonyl (C=O) groups is 1. The number of nitrogens with one attached hydrogen (secondary N) is 1. The Balaban J connectivity index is 1.65. The first-order valence-corrected chi connectivity index (χ1v) is 9.74. The molecule has 0 bridgehead atoms. The summed E-state index contributed by atoms with van der Waals surface area (Å²) in [5, 5.41) is 3.43. The molecule has 0 spiro atoms. The van der Waals surface area contributed by atoms with Gasteiger partial charge in [0.25, 0.3) is 0 Å². The van der Waals surface area contributed by atoms with Gasteiger partial charge in [0.1, 0.15) is 0 Å². The number of pyridine rings is 1. The summed E-state index contributed by atoms with van der Waals surface area (Å²) in [4.78, 5) is 18.9. The highest BCUT2D eigenvalue weighted by Gasteiger charge is 2.19. The molecule has 2 aromatic rings. The standard InChI is InChI=1S/C22H29N3O/c1-2-25(22(26)16-18-6-4-11-23-12-8-18)17-19-5-3-7-21(15-19)20-9-13-24-14-10-20/h3,5,7,9-10,13-15,18,23H,2,4,6,8,11-12,16-17H2,1H3. The molecule has 0 aliphatic carbocycles. The van der Waals surface area contributed by atoms with Crippen LogP contribution < -0.4 is 5.32 Å². The summed E-state index contributed by atoms with van der Waals surface area (Å²) in [6.07, 6.45) is 7.75. The van der Waals surface area contributed by atoms with Gasteiger partial charge in [0.05, 0.1) is 0 Å². The topological polar surface area (TPSA) is 45.2 Å². The number of amides is 1. The van der Waals surface area contributed by atoms with Crippen LogP contribution in [-0.4, -0.2) is 35.4 Å². The summed E-state index contributed by atoms with van der Waals surface area (Å²) < 4.78 is 0. The third kappa shape index (κ3) is 5.15. The highest BCUT2D eigenvalue weighted by atomic mass is 16.2. The van der Waals surface area contributed by atoms with Crippen molar-refractivity contribution in [3.05, 3.63) is 54.4 Å². The first-order valence-electron chi connectivity index (χ1n) is 9.74. The molecule has 1 fully saturated rings. The van der Waals surface area contributed by atoms with Gasteiger partial charge in [-0.2, -0.15) is 0 Å². The maximum atomic E-state index is 12.8. The van der Waals surface area contributed by atoms with Gasteiger partial charge in [-0.25, -0.2) is 0 Å². The van der Waals surface area contributed by atoms with Crippen LogP contribution in [-0.2, 0) is 11.3 Å². The summed E-state index contributed by atoms with van der Waals surface area (Å²) >= 11 is 0. The first-order chi connectivity index (χ1) is 12.8. The van der Waals surface area contributed by atoms with Gasteiger partial charge in [0, 0.05) is 31.9 Å². The van der Waals surface area contributed by atoms with Crippen molar-refractivity contribution in [3.8, 4) is 11.1 Å². The van der Waals surface area contributed by atoms with Gasteiger partial charge in [-0.3, -0.25) is 9.78 Å². The van der Waals surface area contributed by atoms with E-state index < -0.39 is 0 Å². The zero-order chi connectivity index (χ0) is 18.2. The smallest absolute Gasteiger partial charge is 0.223 e. The first kappa shape index (κ1) is 18.6. The number of nitrogens with zero attached hydrogens (tertiary/aromatic N) is 2. The van der Waals surface area contributed by atoms with Crippen LogP contribution in [0, 0.1) is 5.92 Å². The van der Waals surface area contributed by atoms with Crippen molar-refractivity contribution in [1.82, 2.24) is 15.2 Å². The molecule has 1 unspecified atom stereocenters. The van der Waals surface area contributed by atoms with Crippen LogP contribution in [0.15, 0.2) is 48.8 Å². The molecular weight excluding hydrogens is 322 g/mol. The van der Waals surface area contributed by atoms with Crippen molar-refractivity contribution < 1.29 is 4.79 Å². The van der Waals surface area contributed by atoms with Crippen molar-refractivity contribution in [3.63, 3.8) is 0 Å². The van der Waals surface area contributed by atoms with E-state index in [9.17, 15) is 4.79 Å². The zero-order valence-electron chi connectivity index (χ0n) is 15.7. The van der Waals surface area contributed by atoms with Crippen molar-refractivity contribution in [2.24, 2.45) is 5.92 Å². The molecule has 4 heteroatoms. The third-order valence-electron chi connectivity index (χ3n) is 5.21. The van der Waals surface area contributed by atoms with Crippen LogP contribution in [0.2, 0.25) is 0 Å². The van der Waals surface area contributed by atoms with Crippen molar-refractivity contribution in [2.45, 2.75) is 39.2 Å². The molecule has 1 N–H and O–H groups in total. The number of hydrogen-bond donors (Lipinski definition) is 1. The second kappa shape index (κ2) is 9.48. The lowest BCUT2D eigenvalue weighted by atomic mass is 9.96. The average Bonchev–Trinajstić information content (AvgIpc) is 2.95. The number of carbonyl (C=O) groups excluding carboxylic acids is 1. The Hall–Kier alpha value is -2.20. The van der Waals surface area contributed by atoms with Gasteiger partial charge >= 0.3 is 0 Å². The van der Waals surface area contributed by atoms with Crippen LogP contribution >= 0.6 is 0 Å². The molecule has 1 amide bonds. The highest BCUT2D eigenvalue weighted by molar-refractivity contribution is 5.76. The minimum Gasteiger partial charge on any atom is -0.339 e. The van der Waals surface area contributed by atoms with E-state index in [0.717, 1.165) is 38.0 Å². The fourth-order valence-corrected chi connectivity index (χ4v) is 3.66. The molecule has 1 saturated heterocycles. The normalized spacial score (nSPS) is 17.5. The van der Waals surface area contributed by atoms with Crippen molar-refractivity contribution >= 4 is 5.91 Å². The molecule has 1 aliphatic rings. The molecule has 3 rings (SSSR count). The largest absolute Gasteiger partial charge is 0.339 e. The fourth-order valence-electron chi connectivity index (χ4n) is 3.66. The van der Waals surface area contributed by atoms with Gasteiger partial charge in [-0.1, -0.05) is 18.2 Å². The Bertz CT molecular complexity index is 694. The van der Waals surface area contributed by atoms with E-state index in [0.29, 0.717) is 18.9 Å². The Kier molecular flexibility index (Phi) is 6.78. The second-order valence-electron chi connectivity index (χ2n) is 7.10. The molecule has 1 aromatic carbocycles. The molecule has 26 heavy (non-hydrogen) atoms. The van der Waals surface area contributed by atoms with Gasteiger partial charge in [-0.05, 0) is 80.1 Å². The summed E-state index contributed by atoms with van der Waals surface area (Å²) in [6, 6.07) is 12.5. The molecular formula is C22H29N3O. The molecule has 4 nitrogen and oxygen atoms in total. The van der Waals surface area contributed by atoms with E-state index in [1.54, 1.807) is 0 Å². The predicted octanol–water partition coefficient (Wildman–Crippen LogP) is 3.88. The second-order valence-corrected chi connectivity index (χ2v) is 7.10. The highest BCUT2D eigenvalue weighted by Crippen LogP contribution is 2.22. The Morgan fingerprint density at radius 3 is 2.81 bits per heavy atom. The molecule has 2 heterocycles. The van der Waals surface area contributed by atoms with E-state index in [1.165, 1.54) is 17.5 Å². The summed E-state index contributed by atoms with van der Waals surface area (Å²) in [6.45, 7) is 5.63. The van der Waals surface area contributed by atoms with E-state index in [2.05, 4.69) is 41.5 Å². The molecule has 1 aliphatic heterocycles. The van der Waals surface area contributed by atoms with Crippen LogP contribution in [0.5, 0.6) is 0 Å². The van der Waals surface area contributed by atoms with Gasteiger partial charge in [-0.15, -0.1) is 0 Å². The minimum atomic E-state index is 0.286. The van der Waals surface area contributed by atoms with Crippen LogP contribution in [0.3, 0.4) is 0 Å². The molecule has 0 radical (unpaired) electrons.